The van der Waals surface area contributed by atoms with Crippen LogP contribution in [0.1, 0.15) is 46.1 Å². The van der Waals surface area contributed by atoms with Crippen LogP contribution in [0.25, 0.3) is 0 Å². The molecule has 4 aliphatic carbocycles. The first kappa shape index (κ1) is 23.5. The Kier molecular flexibility index (Phi) is 5.08. The van der Waals surface area contributed by atoms with Crippen molar-refractivity contribution < 1.29 is 29.6 Å². The summed E-state index contributed by atoms with van der Waals surface area (Å²) in [5, 5.41) is 33.9. The zero-order chi connectivity index (χ0) is 24.7. The molecule has 0 unspecified atom stereocenters. The van der Waals surface area contributed by atoms with E-state index in [1.807, 2.05) is 43.3 Å². The van der Waals surface area contributed by atoms with Gasteiger partial charge in [-0.2, -0.15) is 0 Å². The van der Waals surface area contributed by atoms with Crippen molar-refractivity contribution in [2.24, 2.45) is 29.1 Å². The number of aliphatic hydroxyl groups is 3. The first-order chi connectivity index (χ1) is 15.9. The molecule has 3 N–H and O–H groups in total. The van der Waals surface area contributed by atoms with Crippen molar-refractivity contribution in [1.82, 2.24) is 0 Å². The fraction of sp³-hybridized carbons (Fsp3) is 0.571. The third-order valence-corrected chi connectivity index (χ3v) is 9.36. The van der Waals surface area contributed by atoms with Gasteiger partial charge in [0.05, 0.1) is 18.6 Å². The van der Waals surface area contributed by atoms with E-state index in [0.717, 1.165) is 5.56 Å². The number of ether oxygens (including phenoxy) is 1. The molecule has 2 saturated carbocycles. The summed E-state index contributed by atoms with van der Waals surface area (Å²) in [6, 6.07) is 9.47. The van der Waals surface area contributed by atoms with Gasteiger partial charge in [-0.15, -0.1) is 0 Å². The molecule has 0 amide bonds. The molecule has 34 heavy (non-hydrogen) atoms. The molecule has 5 rings (SSSR count). The van der Waals surface area contributed by atoms with E-state index in [-0.39, 0.29) is 43.0 Å². The monoisotopic (exact) mass is 466 g/mol. The summed E-state index contributed by atoms with van der Waals surface area (Å²) < 4.78 is 6.24. The van der Waals surface area contributed by atoms with E-state index in [2.05, 4.69) is 13.8 Å². The average molecular weight is 467 g/mol. The lowest BCUT2D eigenvalue weighted by Crippen LogP contribution is -2.61. The molecule has 0 aromatic heterocycles. The summed E-state index contributed by atoms with van der Waals surface area (Å²) in [6.45, 7) is 7.37. The Morgan fingerprint density at radius 3 is 2.47 bits per heavy atom. The molecule has 0 aliphatic heterocycles. The largest absolute Gasteiger partial charge is 0.458 e. The van der Waals surface area contributed by atoms with Crippen molar-refractivity contribution in [2.45, 2.75) is 63.8 Å². The molecule has 0 saturated heterocycles. The molecule has 0 spiro atoms. The lowest BCUT2D eigenvalue weighted by molar-refractivity contribution is -0.186. The molecule has 2 fully saturated rings. The van der Waals surface area contributed by atoms with Crippen LogP contribution in [0, 0.1) is 29.1 Å². The number of aliphatic hydroxyl groups excluding tert-OH is 1. The van der Waals surface area contributed by atoms with Crippen molar-refractivity contribution >= 4 is 11.8 Å². The van der Waals surface area contributed by atoms with Crippen molar-refractivity contribution in [2.75, 3.05) is 6.61 Å². The highest BCUT2D eigenvalue weighted by atomic mass is 16.6. The smallest absolute Gasteiger partial charge is 0.310 e. The van der Waals surface area contributed by atoms with Crippen LogP contribution in [0.15, 0.2) is 53.6 Å². The lowest BCUT2D eigenvalue weighted by atomic mass is 9.60. The van der Waals surface area contributed by atoms with Gasteiger partial charge in [0.15, 0.2) is 5.78 Å². The van der Waals surface area contributed by atoms with Crippen LogP contribution in [0.4, 0.5) is 0 Å². The SMILES string of the molecule is CC1=C[C@H]2[C@]3(O)[C@H](C=C(CO)C[C@]2(O)C1=O)[C@@H]1C(C)(C)[C@]1(OC(=O)Cc1ccccc1)C[C@@H]3C. The Balaban J connectivity index is 1.54. The maximum atomic E-state index is 13.0. The highest BCUT2D eigenvalue weighted by Gasteiger charge is 2.83. The number of Topliss-reactive ketones (excluding diaryl/α,β-unsaturated/α-hetero) is 1. The molecule has 182 valence electrons. The van der Waals surface area contributed by atoms with Gasteiger partial charge in [-0.05, 0) is 36.0 Å². The van der Waals surface area contributed by atoms with Crippen LogP contribution in [-0.2, 0) is 20.7 Å². The van der Waals surface area contributed by atoms with Gasteiger partial charge in [-0.1, -0.05) is 63.3 Å². The molecule has 6 nitrogen and oxygen atoms in total. The van der Waals surface area contributed by atoms with E-state index >= 15 is 0 Å². The van der Waals surface area contributed by atoms with Crippen molar-refractivity contribution in [3.8, 4) is 0 Å². The molecule has 0 bridgehead atoms. The number of carbonyl (C=O) groups excluding carboxylic acids is 2. The number of benzene rings is 1. The summed E-state index contributed by atoms with van der Waals surface area (Å²) >= 11 is 0. The van der Waals surface area contributed by atoms with Crippen molar-refractivity contribution in [3.63, 3.8) is 0 Å². The standard InChI is InChI=1S/C28H34O6/c1-16-10-21-26(32,24(16)31)14-19(15-29)11-20-23-25(3,4)27(23,13-17(2)28(20,21)33)34-22(30)12-18-8-6-5-7-9-18/h5-11,17,20-21,23,29,32-33H,12-15H2,1-4H3/t17-,20+,21+,23+,26+,27-,28+/m0/s1. The fourth-order valence-electron chi connectivity index (χ4n) is 7.60. The van der Waals surface area contributed by atoms with E-state index in [4.69, 9.17) is 4.74 Å². The minimum atomic E-state index is -1.78. The summed E-state index contributed by atoms with van der Waals surface area (Å²) in [5.74, 6) is -2.52. The molecular formula is C28H34O6. The molecule has 6 heteroatoms. The normalized spacial score (nSPS) is 41.9. The van der Waals surface area contributed by atoms with Gasteiger partial charge in [-0.3, -0.25) is 9.59 Å². The van der Waals surface area contributed by atoms with Gasteiger partial charge >= 0.3 is 5.97 Å². The first-order valence-electron chi connectivity index (χ1n) is 12.2. The average Bonchev–Trinajstić information content (AvgIpc) is 3.18. The van der Waals surface area contributed by atoms with Crippen molar-refractivity contribution in [3.05, 3.63) is 59.2 Å². The van der Waals surface area contributed by atoms with Crippen LogP contribution < -0.4 is 0 Å². The Morgan fingerprint density at radius 2 is 1.82 bits per heavy atom. The first-order valence-corrected chi connectivity index (χ1v) is 12.2. The molecule has 1 aromatic rings. The summed E-state index contributed by atoms with van der Waals surface area (Å²) in [5.41, 5.74) is -2.50. The molecule has 0 radical (unpaired) electrons. The Labute approximate surface area is 200 Å². The van der Waals surface area contributed by atoms with E-state index in [9.17, 15) is 24.9 Å². The molecule has 4 aliphatic rings. The fourth-order valence-corrected chi connectivity index (χ4v) is 7.60. The Bertz CT molecular complexity index is 1100. The molecular weight excluding hydrogens is 432 g/mol. The van der Waals surface area contributed by atoms with Gasteiger partial charge in [0.25, 0.3) is 0 Å². The highest BCUT2D eigenvalue weighted by Crippen LogP contribution is 2.76. The third kappa shape index (κ3) is 2.91. The molecule has 0 heterocycles. The van der Waals surface area contributed by atoms with E-state index in [1.165, 1.54) is 0 Å². The van der Waals surface area contributed by atoms with Gasteiger partial charge < -0.3 is 20.1 Å². The van der Waals surface area contributed by atoms with Crippen LogP contribution >= 0.6 is 0 Å². The van der Waals surface area contributed by atoms with Crippen LogP contribution in [0.3, 0.4) is 0 Å². The summed E-state index contributed by atoms with van der Waals surface area (Å²) in [4.78, 5) is 26.0. The molecule has 7 atom stereocenters. The predicted octanol–water partition coefficient (Wildman–Crippen LogP) is 2.75. The lowest BCUT2D eigenvalue weighted by Gasteiger charge is -2.50. The summed E-state index contributed by atoms with van der Waals surface area (Å²) in [7, 11) is 0. The van der Waals surface area contributed by atoms with E-state index in [1.54, 1.807) is 13.0 Å². The number of rotatable bonds is 4. The zero-order valence-electron chi connectivity index (χ0n) is 20.2. The van der Waals surface area contributed by atoms with Crippen molar-refractivity contribution in [1.29, 1.82) is 0 Å². The van der Waals surface area contributed by atoms with Crippen LogP contribution in [-0.4, -0.2) is 50.5 Å². The van der Waals surface area contributed by atoms with Gasteiger partial charge in [0.2, 0.25) is 0 Å². The number of esters is 1. The second kappa shape index (κ2) is 7.36. The summed E-state index contributed by atoms with van der Waals surface area (Å²) in [6.07, 6.45) is 4.16. The highest BCUT2D eigenvalue weighted by molar-refractivity contribution is 6.04. The maximum absolute atomic E-state index is 13.0. The van der Waals surface area contributed by atoms with Crippen LogP contribution in [0.2, 0.25) is 0 Å². The predicted molar refractivity (Wildman–Crippen MR) is 125 cm³/mol. The number of fused-ring (bicyclic) bond motifs is 5. The van der Waals surface area contributed by atoms with Crippen LogP contribution in [0.5, 0.6) is 0 Å². The van der Waals surface area contributed by atoms with Gasteiger partial charge in [0.1, 0.15) is 11.2 Å². The minimum Gasteiger partial charge on any atom is -0.458 e. The second-order valence-electron chi connectivity index (χ2n) is 11.5. The quantitative estimate of drug-likeness (QED) is 0.466. The number of ketones is 1. The Hall–Kier alpha value is -2.28. The van der Waals surface area contributed by atoms with Gasteiger partial charge in [0, 0.05) is 29.6 Å². The Morgan fingerprint density at radius 1 is 1.15 bits per heavy atom. The number of hydrogen-bond donors (Lipinski definition) is 3. The molecule has 1 aromatic carbocycles. The topological polar surface area (TPSA) is 104 Å². The van der Waals surface area contributed by atoms with E-state index < -0.39 is 34.1 Å². The van der Waals surface area contributed by atoms with Gasteiger partial charge in [-0.25, -0.2) is 0 Å². The zero-order valence-corrected chi connectivity index (χ0v) is 20.2. The minimum absolute atomic E-state index is 0.0136. The maximum Gasteiger partial charge on any atom is 0.310 e. The number of carbonyl (C=O) groups is 2. The second-order valence-corrected chi connectivity index (χ2v) is 11.5. The third-order valence-electron chi connectivity index (χ3n) is 9.36. The number of hydrogen-bond acceptors (Lipinski definition) is 6. The van der Waals surface area contributed by atoms with E-state index in [0.29, 0.717) is 17.6 Å².